The zero-order chi connectivity index (χ0) is 12.5. The third-order valence-electron chi connectivity index (χ3n) is 2.38. The van der Waals surface area contributed by atoms with Crippen LogP contribution in [0.15, 0.2) is 18.2 Å². The van der Waals surface area contributed by atoms with Crippen molar-refractivity contribution in [3.63, 3.8) is 0 Å². The summed E-state index contributed by atoms with van der Waals surface area (Å²) in [5, 5.41) is 9.21. The SMILES string of the molecule is Cc1ccc(N(C(=O)O)C(C)(C)C)cc1N. The molecule has 0 heterocycles. The van der Waals surface area contributed by atoms with Gasteiger partial charge in [-0.3, -0.25) is 4.90 Å². The summed E-state index contributed by atoms with van der Waals surface area (Å²) in [6.45, 7) is 7.42. The summed E-state index contributed by atoms with van der Waals surface area (Å²) < 4.78 is 0. The van der Waals surface area contributed by atoms with Gasteiger partial charge in [0.2, 0.25) is 0 Å². The van der Waals surface area contributed by atoms with E-state index in [0.29, 0.717) is 11.4 Å². The number of nitrogens with two attached hydrogens (primary N) is 1. The van der Waals surface area contributed by atoms with Crippen LogP contribution in [-0.4, -0.2) is 16.7 Å². The van der Waals surface area contributed by atoms with Crippen LogP contribution in [0.4, 0.5) is 16.2 Å². The van der Waals surface area contributed by atoms with Crippen LogP contribution in [0.2, 0.25) is 0 Å². The van der Waals surface area contributed by atoms with Crippen molar-refractivity contribution in [2.24, 2.45) is 0 Å². The van der Waals surface area contributed by atoms with Crippen molar-refractivity contribution >= 4 is 17.5 Å². The number of hydrogen-bond acceptors (Lipinski definition) is 2. The number of rotatable bonds is 1. The average Bonchev–Trinajstić information content (AvgIpc) is 2.08. The maximum Gasteiger partial charge on any atom is 0.412 e. The van der Waals surface area contributed by atoms with Crippen molar-refractivity contribution in [3.8, 4) is 0 Å². The standard InChI is InChI=1S/C12H18N2O2/c1-8-5-6-9(7-10(8)13)14(11(15)16)12(2,3)4/h5-7H,13H2,1-4H3,(H,15,16). The fourth-order valence-corrected chi connectivity index (χ4v) is 1.55. The molecule has 0 spiro atoms. The highest BCUT2D eigenvalue weighted by Crippen LogP contribution is 2.27. The van der Waals surface area contributed by atoms with Crippen LogP contribution in [0.25, 0.3) is 0 Å². The Balaban J connectivity index is 3.22. The molecule has 16 heavy (non-hydrogen) atoms. The van der Waals surface area contributed by atoms with Crippen LogP contribution in [0.3, 0.4) is 0 Å². The molecule has 3 N–H and O–H groups in total. The first-order valence-electron chi connectivity index (χ1n) is 5.13. The van der Waals surface area contributed by atoms with Gasteiger partial charge in [-0.25, -0.2) is 4.79 Å². The van der Waals surface area contributed by atoms with E-state index in [0.717, 1.165) is 5.56 Å². The molecule has 1 amide bonds. The van der Waals surface area contributed by atoms with E-state index in [1.54, 1.807) is 12.1 Å². The summed E-state index contributed by atoms with van der Waals surface area (Å²) in [6.07, 6.45) is -0.976. The van der Waals surface area contributed by atoms with E-state index in [9.17, 15) is 9.90 Å². The first-order valence-corrected chi connectivity index (χ1v) is 5.13. The summed E-state index contributed by atoms with van der Waals surface area (Å²) in [7, 11) is 0. The zero-order valence-corrected chi connectivity index (χ0v) is 10.1. The third-order valence-corrected chi connectivity index (χ3v) is 2.38. The molecule has 1 aromatic carbocycles. The predicted molar refractivity (Wildman–Crippen MR) is 65.8 cm³/mol. The molecule has 0 saturated carbocycles. The van der Waals surface area contributed by atoms with Crippen LogP contribution in [0, 0.1) is 6.92 Å². The molecule has 0 unspecified atom stereocenters. The lowest BCUT2D eigenvalue weighted by Gasteiger charge is -2.33. The van der Waals surface area contributed by atoms with E-state index in [1.807, 2.05) is 33.8 Å². The van der Waals surface area contributed by atoms with Gasteiger partial charge in [0.05, 0.1) is 0 Å². The summed E-state index contributed by atoms with van der Waals surface area (Å²) in [4.78, 5) is 12.5. The second-order valence-electron chi connectivity index (χ2n) is 4.83. The third kappa shape index (κ3) is 2.45. The minimum absolute atomic E-state index is 0.493. The first kappa shape index (κ1) is 12.4. The van der Waals surface area contributed by atoms with Crippen molar-refractivity contribution in [1.82, 2.24) is 0 Å². The van der Waals surface area contributed by atoms with E-state index < -0.39 is 11.6 Å². The Kier molecular flexibility index (Phi) is 3.12. The molecule has 0 atom stereocenters. The van der Waals surface area contributed by atoms with Gasteiger partial charge in [-0.15, -0.1) is 0 Å². The largest absolute Gasteiger partial charge is 0.465 e. The van der Waals surface area contributed by atoms with Gasteiger partial charge < -0.3 is 10.8 Å². The maximum atomic E-state index is 11.2. The fraction of sp³-hybridized carbons (Fsp3) is 0.417. The average molecular weight is 222 g/mol. The lowest BCUT2D eigenvalue weighted by atomic mass is 10.0. The highest BCUT2D eigenvalue weighted by Gasteiger charge is 2.27. The van der Waals surface area contributed by atoms with E-state index in [-0.39, 0.29) is 0 Å². The smallest absolute Gasteiger partial charge is 0.412 e. The summed E-state index contributed by atoms with van der Waals surface area (Å²) in [5.74, 6) is 0. The molecule has 0 saturated heterocycles. The molecule has 1 rings (SSSR count). The van der Waals surface area contributed by atoms with Crippen LogP contribution >= 0.6 is 0 Å². The molecular formula is C12H18N2O2. The lowest BCUT2D eigenvalue weighted by Crippen LogP contribution is -2.45. The molecule has 0 aliphatic rings. The quantitative estimate of drug-likeness (QED) is 0.718. The van der Waals surface area contributed by atoms with E-state index in [2.05, 4.69) is 0 Å². The van der Waals surface area contributed by atoms with Crippen LogP contribution in [0.5, 0.6) is 0 Å². The molecule has 0 aliphatic carbocycles. The van der Waals surface area contributed by atoms with Crippen molar-refractivity contribution in [3.05, 3.63) is 23.8 Å². The molecule has 0 bridgehead atoms. The number of nitrogens with zero attached hydrogens (tertiary/aromatic N) is 1. The van der Waals surface area contributed by atoms with E-state index >= 15 is 0 Å². The molecule has 1 aromatic rings. The molecule has 4 heteroatoms. The Labute approximate surface area is 95.7 Å². The summed E-state index contributed by atoms with van der Waals surface area (Å²) >= 11 is 0. The fourth-order valence-electron chi connectivity index (χ4n) is 1.55. The molecule has 0 aliphatic heterocycles. The molecule has 0 aromatic heterocycles. The highest BCUT2D eigenvalue weighted by molar-refractivity contribution is 5.88. The Morgan fingerprint density at radius 3 is 2.31 bits per heavy atom. The number of aryl methyl sites for hydroxylation is 1. The number of benzene rings is 1. The van der Waals surface area contributed by atoms with Crippen LogP contribution < -0.4 is 10.6 Å². The number of amides is 1. The Hall–Kier alpha value is -1.71. The monoisotopic (exact) mass is 222 g/mol. The molecule has 4 nitrogen and oxygen atoms in total. The Morgan fingerprint density at radius 2 is 1.94 bits per heavy atom. The van der Waals surface area contributed by atoms with Crippen LogP contribution in [-0.2, 0) is 0 Å². The van der Waals surface area contributed by atoms with Crippen molar-refractivity contribution in [2.45, 2.75) is 33.2 Å². The van der Waals surface area contributed by atoms with E-state index in [1.165, 1.54) is 4.90 Å². The maximum absolute atomic E-state index is 11.2. The predicted octanol–water partition coefficient (Wildman–Crippen LogP) is 2.86. The van der Waals surface area contributed by atoms with Crippen LogP contribution in [0.1, 0.15) is 26.3 Å². The Morgan fingerprint density at radius 1 is 1.38 bits per heavy atom. The number of nitrogen functional groups attached to an aromatic ring is 1. The first-order chi connectivity index (χ1) is 7.23. The van der Waals surface area contributed by atoms with Gasteiger partial charge in [0.25, 0.3) is 0 Å². The van der Waals surface area contributed by atoms with Gasteiger partial charge in [-0.05, 0) is 45.4 Å². The lowest BCUT2D eigenvalue weighted by molar-refractivity contribution is 0.195. The summed E-state index contributed by atoms with van der Waals surface area (Å²) in [6, 6.07) is 5.28. The van der Waals surface area contributed by atoms with Gasteiger partial charge in [0, 0.05) is 16.9 Å². The van der Waals surface area contributed by atoms with Gasteiger partial charge >= 0.3 is 6.09 Å². The van der Waals surface area contributed by atoms with E-state index in [4.69, 9.17) is 5.73 Å². The van der Waals surface area contributed by atoms with Crippen molar-refractivity contribution < 1.29 is 9.90 Å². The second kappa shape index (κ2) is 4.04. The number of carbonyl (C=O) groups is 1. The normalized spacial score (nSPS) is 11.2. The van der Waals surface area contributed by atoms with Gasteiger partial charge in [0.1, 0.15) is 0 Å². The molecule has 88 valence electrons. The number of hydrogen-bond donors (Lipinski definition) is 2. The highest BCUT2D eigenvalue weighted by atomic mass is 16.4. The van der Waals surface area contributed by atoms with Crippen molar-refractivity contribution in [2.75, 3.05) is 10.6 Å². The minimum Gasteiger partial charge on any atom is -0.465 e. The summed E-state index contributed by atoms with van der Waals surface area (Å²) in [5.41, 5.74) is 7.44. The Bertz CT molecular complexity index is 408. The topological polar surface area (TPSA) is 66.6 Å². The van der Waals surface area contributed by atoms with Gasteiger partial charge in [-0.1, -0.05) is 6.07 Å². The number of anilines is 2. The molecule has 0 fully saturated rings. The van der Waals surface area contributed by atoms with Gasteiger partial charge in [0.15, 0.2) is 0 Å². The minimum atomic E-state index is -0.976. The molecule has 0 radical (unpaired) electrons. The number of carboxylic acid groups (broad SMARTS) is 1. The van der Waals surface area contributed by atoms with Crippen molar-refractivity contribution in [1.29, 1.82) is 0 Å². The zero-order valence-electron chi connectivity index (χ0n) is 10.1. The van der Waals surface area contributed by atoms with Gasteiger partial charge in [-0.2, -0.15) is 0 Å². The second-order valence-corrected chi connectivity index (χ2v) is 4.83. The molecular weight excluding hydrogens is 204 g/mol.